The highest BCUT2D eigenvalue weighted by Crippen LogP contribution is 2.10. The highest BCUT2D eigenvalue weighted by atomic mass is 35.5. The molecule has 1 aromatic heterocycles. The molecule has 1 N–H and O–H groups in total. The van der Waals surface area contributed by atoms with Gasteiger partial charge in [-0.3, -0.25) is 0 Å². The van der Waals surface area contributed by atoms with E-state index in [9.17, 15) is 0 Å². The molecule has 4 heteroatoms. The van der Waals surface area contributed by atoms with Crippen LogP contribution in [0.5, 0.6) is 0 Å². The predicted molar refractivity (Wildman–Crippen MR) is 58.0 cm³/mol. The zero-order chi connectivity index (χ0) is 9.68. The van der Waals surface area contributed by atoms with Crippen molar-refractivity contribution in [2.75, 3.05) is 0 Å². The van der Waals surface area contributed by atoms with E-state index < -0.39 is 0 Å². The number of thiol groups is 1. The molecule has 0 amide bonds. The van der Waals surface area contributed by atoms with E-state index in [4.69, 9.17) is 0 Å². The third-order valence-corrected chi connectivity index (χ3v) is 2.83. The molecule has 0 fully saturated rings. The number of aryl methyl sites for hydroxylation is 2. The smallest absolute Gasteiger partial charge is 0.253 e. The van der Waals surface area contributed by atoms with Gasteiger partial charge in [-0.05, 0) is 12.8 Å². The van der Waals surface area contributed by atoms with Gasteiger partial charge in [0.15, 0.2) is 0 Å². The maximum absolute atomic E-state index is 4.53. The maximum atomic E-state index is 4.53. The van der Waals surface area contributed by atoms with E-state index in [0.717, 1.165) is 12.8 Å². The van der Waals surface area contributed by atoms with Gasteiger partial charge in [-0.2, -0.15) is 12.6 Å². The van der Waals surface area contributed by atoms with Crippen molar-refractivity contribution < 1.29 is 17.0 Å². The second-order valence-electron chi connectivity index (χ2n) is 3.50. The summed E-state index contributed by atoms with van der Waals surface area (Å²) in [6.07, 6.45) is 8.72. The zero-order valence-corrected chi connectivity index (χ0v) is 10.5. The van der Waals surface area contributed by atoms with Gasteiger partial charge in [0, 0.05) is 5.25 Å². The Balaban J connectivity index is 0.00000169. The van der Waals surface area contributed by atoms with Crippen LogP contribution in [-0.4, -0.2) is 10.2 Å². The highest BCUT2D eigenvalue weighted by molar-refractivity contribution is 7.80. The summed E-state index contributed by atoms with van der Waals surface area (Å²) in [5, 5.41) is 0.549. The van der Waals surface area contributed by atoms with Crippen LogP contribution in [0.3, 0.4) is 0 Å². The van der Waals surface area contributed by atoms with Crippen molar-refractivity contribution in [1.29, 1.82) is 0 Å². The molecule has 2 nitrogen and oxygen atoms in total. The van der Waals surface area contributed by atoms with Crippen LogP contribution in [0, 0.1) is 0 Å². The standard InChI is InChI=1S/C10H18N2S.ClH/c1-3-4-9(13)5-6-10-11-7-8-12(10)2;/h7-9,13H,3-6H2,1-2H3;1H. The summed E-state index contributed by atoms with van der Waals surface area (Å²) in [4.78, 5) is 3.23. The van der Waals surface area contributed by atoms with Crippen molar-refractivity contribution in [3.8, 4) is 0 Å². The minimum atomic E-state index is 0. The molecule has 0 spiro atoms. The van der Waals surface area contributed by atoms with Crippen molar-refractivity contribution >= 4 is 12.6 Å². The van der Waals surface area contributed by atoms with Gasteiger partial charge >= 0.3 is 0 Å². The van der Waals surface area contributed by atoms with Crippen LogP contribution in [0.15, 0.2) is 12.4 Å². The predicted octanol–water partition coefficient (Wildman–Crippen LogP) is -1.13. The highest BCUT2D eigenvalue weighted by Gasteiger charge is 2.09. The number of hydrogen-bond acceptors (Lipinski definition) is 1. The van der Waals surface area contributed by atoms with Crippen molar-refractivity contribution in [2.45, 2.75) is 37.9 Å². The second kappa shape index (κ2) is 7.18. The average molecular weight is 235 g/mol. The van der Waals surface area contributed by atoms with Crippen molar-refractivity contribution in [2.24, 2.45) is 7.05 Å². The summed E-state index contributed by atoms with van der Waals surface area (Å²) in [5.74, 6) is 1.29. The zero-order valence-electron chi connectivity index (χ0n) is 8.83. The first kappa shape index (κ1) is 13.8. The van der Waals surface area contributed by atoms with Crippen LogP contribution in [-0.2, 0) is 13.5 Å². The maximum Gasteiger partial charge on any atom is 0.253 e. The molecule has 0 aliphatic carbocycles. The number of aromatic amines is 1. The molecule has 1 atom stereocenters. The molecule has 1 unspecified atom stereocenters. The van der Waals surface area contributed by atoms with Gasteiger partial charge < -0.3 is 12.4 Å². The van der Waals surface area contributed by atoms with E-state index in [-0.39, 0.29) is 12.4 Å². The fourth-order valence-electron chi connectivity index (χ4n) is 1.47. The summed E-state index contributed by atoms with van der Waals surface area (Å²) in [7, 11) is 2.07. The number of imidazole rings is 1. The van der Waals surface area contributed by atoms with Crippen molar-refractivity contribution in [3.05, 3.63) is 18.2 Å². The van der Waals surface area contributed by atoms with Crippen LogP contribution in [0.4, 0.5) is 0 Å². The van der Waals surface area contributed by atoms with E-state index in [2.05, 4.69) is 36.2 Å². The molecule has 82 valence electrons. The minimum absolute atomic E-state index is 0. The van der Waals surface area contributed by atoms with Gasteiger partial charge in [0.2, 0.25) is 0 Å². The topological polar surface area (TPSA) is 19.7 Å². The lowest BCUT2D eigenvalue weighted by Gasteiger charge is -2.05. The number of nitrogens with one attached hydrogen (secondary N) is 1. The second-order valence-corrected chi connectivity index (χ2v) is 4.23. The van der Waals surface area contributed by atoms with Gasteiger partial charge in [-0.1, -0.05) is 13.3 Å². The molecule has 0 aliphatic rings. The summed E-state index contributed by atoms with van der Waals surface area (Å²) < 4.78 is 2.13. The van der Waals surface area contributed by atoms with Crippen LogP contribution < -0.4 is 17.0 Å². The summed E-state index contributed by atoms with van der Waals surface area (Å²) in [5.41, 5.74) is 0. The van der Waals surface area contributed by atoms with Crippen LogP contribution >= 0.6 is 12.6 Å². The molecule has 0 bridgehead atoms. The molecular formula is C10H19ClN2S. The quantitative estimate of drug-likeness (QED) is 0.475. The van der Waals surface area contributed by atoms with E-state index in [1.54, 1.807) is 0 Å². The Labute approximate surface area is 97.9 Å². The number of hydrogen-bond donors (Lipinski definition) is 2. The monoisotopic (exact) mass is 234 g/mol. The largest absolute Gasteiger partial charge is 1.00 e. The first-order chi connectivity index (χ1) is 6.24. The van der Waals surface area contributed by atoms with Gasteiger partial charge in [0.25, 0.3) is 5.82 Å². The number of nitrogens with zero attached hydrogens (tertiary/aromatic N) is 1. The molecule has 1 aromatic rings. The van der Waals surface area contributed by atoms with Crippen LogP contribution in [0.2, 0.25) is 0 Å². The average Bonchev–Trinajstić information content (AvgIpc) is 2.48. The summed E-state index contributed by atoms with van der Waals surface area (Å²) >= 11 is 4.53. The summed E-state index contributed by atoms with van der Waals surface area (Å²) in [6, 6.07) is 0. The Morgan fingerprint density at radius 3 is 2.71 bits per heavy atom. The number of halogens is 1. The fraction of sp³-hybridized carbons (Fsp3) is 0.700. The van der Waals surface area contributed by atoms with E-state index in [1.807, 2.05) is 12.4 Å². The molecule has 14 heavy (non-hydrogen) atoms. The molecule has 0 saturated heterocycles. The Morgan fingerprint density at radius 1 is 1.50 bits per heavy atom. The normalized spacial score (nSPS) is 12.2. The number of rotatable bonds is 5. The lowest BCUT2D eigenvalue weighted by Crippen LogP contribution is -3.00. The molecular weight excluding hydrogens is 216 g/mol. The Morgan fingerprint density at radius 2 is 2.21 bits per heavy atom. The molecule has 0 saturated carbocycles. The fourth-order valence-corrected chi connectivity index (χ4v) is 1.85. The minimum Gasteiger partial charge on any atom is -1.00 e. The molecule has 1 rings (SSSR count). The molecule has 1 heterocycles. The number of H-pyrrole nitrogens is 1. The van der Waals surface area contributed by atoms with E-state index >= 15 is 0 Å². The van der Waals surface area contributed by atoms with Crippen molar-refractivity contribution in [1.82, 2.24) is 4.98 Å². The van der Waals surface area contributed by atoms with Crippen LogP contribution in [0.1, 0.15) is 32.0 Å². The van der Waals surface area contributed by atoms with Gasteiger partial charge in [-0.25, -0.2) is 9.55 Å². The van der Waals surface area contributed by atoms with E-state index in [0.29, 0.717) is 5.25 Å². The van der Waals surface area contributed by atoms with Gasteiger partial charge in [0.05, 0.1) is 13.5 Å². The third kappa shape index (κ3) is 4.38. The lowest BCUT2D eigenvalue weighted by atomic mass is 10.1. The van der Waals surface area contributed by atoms with Gasteiger partial charge in [-0.15, -0.1) is 0 Å². The first-order valence-corrected chi connectivity index (χ1v) is 5.45. The first-order valence-electron chi connectivity index (χ1n) is 4.94. The Bertz CT molecular complexity index is 250. The SMILES string of the molecule is CCCC(S)CCc1[nH]cc[n+]1C.[Cl-]. The third-order valence-electron chi connectivity index (χ3n) is 2.31. The lowest BCUT2D eigenvalue weighted by molar-refractivity contribution is -0.677. The molecule has 0 radical (unpaired) electrons. The van der Waals surface area contributed by atoms with Crippen molar-refractivity contribution in [3.63, 3.8) is 0 Å². The molecule has 0 aromatic carbocycles. The molecule has 0 aliphatic heterocycles. The van der Waals surface area contributed by atoms with E-state index in [1.165, 1.54) is 18.7 Å². The van der Waals surface area contributed by atoms with Gasteiger partial charge in [0.1, 0.15) is 12.4 Å². The van der Waals surface area contributed by atoms with Crippen LogP contribution in [0.25, 0.3) is 0 Å². The number of aromatic nitrogens is 2. The Hall–Kier alpha value is -0.150. The summed E-state index contributed by atoms with van der Waals surface area (Å²) in [6.45, 7) is 2.21. The Kier molecular flexibility index (Phi) is 7.11.